The van der Waals surface area contributed by atoms with Gasteiger partial charge in [-0.25, -0.2) is 9.30 Å². The first-order valence-corrected chi connectivity index (χ1v) is 8.92. The van der Waals surface area contributed by atoms with Crippen LogP contribution in [0.2, 0.25) is 0 Å². The third-order valence-electron chi connectivity index (χ3n) is 5.17. The molecule has 28 heavy (non-hydrogen) atoms. The van der Waals surface area contributed by atoms with Gasteiger partial charge in [-0.2, -0.15) is 0 Å². The van der Waals surface area contributed by atoms with Crippen LogP contribution in [0.1, 0.15) is 42.5 Å². The second kappa shape index (κ2) is 6.85. The van der Waals surface area contributed by atoms with Gasteiger partial charge in [0.25, 0.3) is 11.6 Å². The summed E-state index contributed by atoms with van der Waals surface area (Å²) in [6.07, 6.45) is 0. The standard InChI is InChI=1S/C20H24N2O6/c1-11-12(2)22(25)17(21(11)5)15(13-7-9-14(26-6)10-8-13)16-18(23)27-20(3,4)28-19(16)24/h7-10,15-16H,1-6H3/t15-/m0/s1. The number of rotatable bonds is 4. The molecule has 1 aromatic heterocycles. The number of aromatic nitrogens is 2. The van der Waals surface area contributed by atoms with Gasteiger partial charge in [-0.1, -0.05) is 12.1 Å². The molecule has 1 aliphatic heterocycles. The molecule has 3 rings (SSSR count). The summed E-state index contributed by atoms with van der Waals surface area (Å²) in [5.74, 6) is -4.09. The van der Waals surface area contributed by atoms with Gasteiger partial charge in [0.15, 0.2) is 5.92 Å². The Hall–Kier alpha value is -3.03. The Morgan fingerprint density at radius 3 is 2.11 bits per heavy atom. The van der Waals surface area contributed by atoms with Crippen LogP contribution in [-0.4, -0.2) is 29.4 Å². The summed E-state index contributed by atoms with van der Waals surface area (Å²) >= 11 is 0. The highest BCUT2D eigenvalue weighted by atomic mass is 16.7. The molecule has 0 bridgehead atoms. The third-order valence-corrected chi connectivity index (χ3v) is 5.17. The van der Waals surface area contributed by atoms with Crippen molar-refractivity contribution in [2.45, 2.75) is 39.4 Å². The van der Waals surface area contributed by atoms with Gasteiger partial charge in [-0.15, -0.1) is 0 Å². The molecule has 0 aliphatic carbocycles. The van der Waals surface area contributed by atoms with Gasteiger partial charge in [-0.3, -0.25) is 9.59 Å². The highest BCUT2D eigenvalue weighted by molar-refractivity contribution is 5.98. The topological polar surface area (TPSA) is 93.7 Å². The number of cyclic esters (lactones) is 2. The maximum Gasteiger partial charge on any atom is 0.324 e. The number of imidazole rings is 1. The molecule has 0 radical (unpaired) electrons. The first kappa shape index (κ1) is 19.7. The molecule has 150 valence electrons. The molecule has 8 nitrogen and oxygen atoms in total. The number of methoxy groups -OCH3 is 1. The van der Waals surface area contributed by atoms with Gasteiger partial charge < -0.3 is 19.4 Å². The highest BCUT2D eigenvalue weighted by Crippen LogP contribution is 2.38. The molecule has 0 amide bonds. The molecule has 8 heteroatoms. The molecule has 1 aromatic carbocycles. The molecule has 1 aliphatic rings. The monoisotopic (exact) mass is 388 g/mol. The quantitative estimate of drug-likeness (QED) is 0.344. The van der Waals surface area contributed by atoms with Crippen LogP contribution in [0.4, 0.5) is 0 Å². The Kier molecular flexibility index (Phi) is 4.82. The summed E-state index contributed by atoms with van der Waals surface area (Å²) < 4.78 is 18.3. The minimum Gasteiger partial charge on any atom is -0.711 e. The van der Waals surface area contributed by atoms with Crippen molar-refractivity contribution in [3.63, 3.8) is 0 Å². The van der Waals surface area contributed by atoms with Crippen molar-refractivity contribution in [1.29, 1.82) is 0 Å². The minimum atomic E-state index is -1.34. The lowest BCUT2D eigenvalue weighted by molar-refractivity contribution is -0.621. The molecule has 1 fully saturated rings. The summed E-state index contributed by atoms with van der Waals surface area (Å²) in [6, 6.07) is 6.87. The zero-order chi connectivity index (χ0) is 20.8. The van der Waals surface area contributed by atoms with Crippen LogP contribution in [-0.2, 0) is 26.1 Å². The second-order valence-electron chi connectivity index (χ2n) is 7.35. The summed E-state index contributed by atoms with van der Waals surface area (Å²) in [5, 5.41) is 12.9. The largest absolute Gasteiger partial charge is 0.711 e. The fraction of sp³-hybridized carbons (Fsp3) is 0.450. The number of esters is 2. The fourth-order valence-electron chi connectivity index (χ4n) is 3.51. The number of hydrogen-bond donors (Lipinski definition) is 0. The van der Waals surface area contributed by atoms with E-state index in [1.54, 1.807) is 56.8 Å². The van der Waals surface area contributed by atoms with Crippen molar-refractivity contribution in [1.82, 2.24) is 4.57 Å². The van der Waals surface area contributed by atoms with E-state index < -0.39 is 29.6 Å². The average molecular weight is 388 g/mol. The van der Waals surface area contributed by atoms with Crippen LogP contribution >= 0.6 is 0 Å². The van der Waals surface area contributed by atoms with E-state index in [0.29, 0.717) is 17.0 Å². The number of nitrogens with zero attached hydrogens (tertiary/aromatic N) is 2. The van der Waals surface area contributed by atoms with Crippen molar-refractivity contribution in [3.05, 3.63) is 52.2 Å². The van der Waals surface area contributed by atoms with Crippen LogP contribution in [0.5, 0.6) is 5.75 Å². The van der Waals surface area contributed by atoms with Crippen molar-refractivity contribution >= 4 is 11.9 Å². The zero-order valence-corrected chi connectivity index (χ0v) is 16.8. The normalized spacial score (nSPS) is 17.8. The molecule has 0 spiro atoms. The molecule has 1 saturated heterocycles. The van der Waals surface area contributed by atoms with Crippen LogP contribution in [0.15, 0.2) is 24.3 Å². The SMILES string of the molecule is COc1ccc([C@H](c2n(C)c(C)c(C)[n+]2[O-])C2C(=O)OC(C)(C)OC2=O)cc1. The maximum absolute atomic E-state index is 12.9. The predicted octanol–water partition coefficient (Wildman–Crippen LogP) is 1.87. The van der Waals surface area contributed by atoms with E-state index >= 15 is 0 Å². The van der Waals surface area contributed by atoms with E-state index in [2.05, 4.69) is 0 Å². The van der Waals surface area contributed by atoms with Crippen LogP contribution in [0, 0.1) is 25.0 Å². The first-order chi connectivity index (χ1) is 13.1. The van der Waals surface area contributed by atoms with Crippen LogP contribution < -0.4 is 9.47 Å². The van der Waals surface area contributed by atoms with Crippen LogP contribution in [0.25, 0.3) is 0 Å². The summed E-state index contributed by atoms with van der Waals surface area (Å²) in [4.78, 5) is 25.6. The number of carbonyl (C=O) groups is 2. The highest BCUT2D eigenvalue weighted by Gasteiger charge is 2.51. The van der Waals surface area contributed by atoms with Gasteiger partial charge in [0.2, 0.25) is 0 Å². The molecule has 2 heterocycles. The van der Waals surface area contributed by atoms with Crippen LogP contribution in [0.3, 0.4) is 0 Å². The molecule has 0 N–H and O–H groups in total. The Balaban J connectivity index is 2.19. The van der Waals surface area contributed by atoms with Crippen molar-refractivity contribution in [3.8, 4) is 5.75 Å². The molecular weight excluding hydrogens is 364 g/mol. The number of ether oxygens (including phenoxy) is 3. The lowest BCUT2D eigenvalue weighted by atomic mass is 9.84. The van der Waals surface area contributed by atoms with E-state index in [4.69, 9.17) is 14.2 Å². The second-order valence-corrected chi connectivity index (χ2v) is 7.35. The van der Waals surface area contributed by atoms with E-state index in [1.165, 1.54) is 13.8 Å². The Bertz CT molecular complexity index is 884. The van der Waals surface area contributed by atoms with Crippen molar-refractivity contribution in [2.24, 2.45) is 13.0 Å². The molecule has 1 atom stereocenters. The average Bonchev–Trinajstić information content (AvgIpc) is 2.81. The van der Waals surface area contributed by atoms with Crippen molar-refractivity contribution < 1.29 is 28.5 Å². The summed E-state index contributed by atoms with van der Waals surface area (Å²) in [5.41, 5.74) is 1.83. The van der Waals surface area contributed by atoms with E-state index in [-0.39, 0.29) is 5.82 Å². The Labute approximate surface area is 163 Å². The maximum atomic E-state index is 12.9. The molecule has 0 saturated carbocycles. The smallest absolute Gasteiger partial charge is 0.324 e. The number of benzene rings is 1. The Morgan fingerprint density at radius 1 is 1.14 bits per heavy atom. The van der Waals surface area contributed by atoms with Gasteiger partial charge in [0, 0.05) is 27.7 Å². The van der Waals surface area contributed by atoms with Gasteiger partial charge >= 0.3 is 11.9 Å². The number of carbonyl (C=O) groups excluding carboxylic acids is 2. The van der Waals surface area contributed by atoms with Gasteiger partial charge in [0.05, 0.1) is 14.2 Å². The number of hydrogen-bond acceptors (Lipinski definition) is 6. The molecular formula is C20H24N2O6. The van der Waals surface area contributed by atoms with Gasteiger partial charge in [0.1, 0.15) is 23.1 Å². The molecule has 2 aromatic rings. The van der Waals surface area contributed by atoms with E-state index in [0.717, 1.165) is 10.4 Å². The lowest BCUT2D eigenvalue weighted by Crippen LogP contribution is -2.50. The fourth-order valence-corrected chi connectivity index (χ4v) is 3.51. The zero-order valence-electron chi connectivity index (χ0n) is 16.8. The van der Waals surface area contributed by atoms with Crippen molar-refractivity contribution in [2.75, 3.05) is 7.11 Å². The van der Waals surface area contributed by atoms with E-state index in [9.17, 15) is 14.8 Å². The lowest BCUT2D eigenvalue weighted by Gasteiger charge is -2.35. The molecule has 0 unspecified atom stereocenters. The third kappa shape index (κ3) is 3.19. The van der Waals surface area contributed by atoms with Gasteiger partial charge in [-0.05, 0) is 17.7 Å². The predicted molar refractivity (Wildman–Crippen MR) is 98.4 cm³/mol. The summed E-state index contributed by atoms with van der Waals surface area (Å²) in [6.45, 7) is 6.48. The minimum absolute atomic E-state index is 0.263. The first-order valence-electron chi connectivity index (χ1n) is 8.92. The van der Waals surface area contributed by atoms with E-state index in [1.807, 2.05) is 0 Å². The Morgan fingerprint density at radius 2 is 1.68 bits per heavy atom. The summed E-state index contributed by atoms with van der Waals surface area (Å²) in [7, 11) is 3.27.